The number of aromatic nitrogens is 5. The largest absolute Gasteiger partial charge is 0.333 e. The van der Waals surface area contributed by atoms with Gasteiger partial charge in [-0.25, -0.2) is 15.0 Å². The molecule has 0 aliphatic heterocycles. The van der Waals surface area contributed by atoms with Crippen molar-refractivity contribution in [1.29, 1.82) is 0 Å². The smallest absolute Gasteiger partial charge is 0.272 e. The first-order valence-electron chi connectivity index (χ1n) is 5.17. The van der Waals surface area contributed by atoms with Gasteiger partial charge in [0.25, 0.3) is 5.91 Å². The lowest BCUT2D eigenvalue weighted by molar-refractivity contribution is 0.0775. The average Bonchev–Trinajstić information content (AvgIpc) is 2.79. The van der Waals surface area contributed by atoms with Crippen molar-refractivity contribution in [3.8, 4) is 0 Å². The number of amides is 1. The van der Waals surface area contributed by atoms with Crippen LogP contribution in [0, 0.1) is 6.92 Å². The average molecular weight is 267 g/mol. The van der Waals surface area contributed by atoms with E-state index in [1.165, 1.54) is 11.2 Å². The van der Waals surface area contributed by atoms with Crippen molar-refractivity contribution in [3.63, 3.8) is 0 Å². The monoisotopic (exact) mass is 266 g/mol. The second kappa shape index (κ2) is 5.09. The number of nitrogens with one attached hydrogen (secondary N) is 1. The van der Waals surface area contributed by atoms with E-state index in [0.717, 1.165) is 0 Å². The number of aryl methyl sites for hydroxylation is 1. The van der Waals surface area contributed by atoms with Gasteiger partial charge in [0.1, 0.15) is 17.8 Å². The number of nitrogens with zero attached hydrogens (tertiary/aromatic N) is 5. The van der Waals surface area contributed by atoms with Crippen LogP contribution >= 0.6 is 11.6 Å². The summed E-state index contributed by atoms with van der Waals surface area (Å²) >= 11 is 5.72. The van der Waals surface area contributed by atoms with Crippen LogP contribution < -0.4 is 0 Å². The third kappa shape index (κ3) is 2.80. The van der Waals surface area contributed by atoms with Crippen LogP contribution in [0.4, 0.5) is 0 Å². The maximum absolute atomic E-state index is 12.1. The lowest BCUT2D eigenvalue weighted by atomic mass is 10.3. The molecule has 1 N–H and O–H groups in total. The molecule has 0 aliphatic carbocycles. The van der Waals surface area contributed by atoms with Crippen molar-refractivity contribution >= 4 is 17.5 Å². The SMILES string of the molecule is Cc1cc(C(=O)N(C)Cc2ncn[nH]2)nc(Cl)n1. The van der Waals surface area contributed by atoms with Crippen LogP contribution in [-0.4, -0.2) is 43.0 Å². The number of hydrogen-bond acceptors (Lipinski definition) is 5. The Morgan fingerprint density at radius 3 is 2.89 bits per heavy atom. The van der Waals surface area contributed by atoms with Gasteiger partial charge in [0.05, 0.1) is 6.54 Å². The zero-order chi connectivity index (χ0) is 13.1. The number of aromatic amines is 1. The summed E-state index contributed by atoms with van der Waals surface area (Å²) < 4.78 is 0. The van der Waals surface area contributed by atoms with E-state index in [9.17, 15) is 4.79 Å². The molecule has 0 aromatic carbocycles. The van der Waals surface area contributed by atoms with Crippen LogP contribution in [0.3, 0.4) is 0 Å². The van der Waals surface area contributed by atoms with Gasteiger partial charge >= 0.3 is 0 Å². The van der Waals surface area contributed by atoms with Crippen LogP contribution in [0.5, 0.6) is 0 Å². The number of rotatable bonds is 3. The fraction of sp³-hybridized carbons (Fsp3) is 0.300. The molecule has 18 heavy (non-hydrogen) atoms. The van der Waals surface area contributed by atoms with Gasteiger partial charge in [-0.05, 0) is 24.6 Å². The van der Waals surface area contributed by atoms with Crippen molar-refractivity contribution in [2.24, 2.45) is 0 Å². The minimum Gasteiger partial charge on any atom is -0.333 e. The van der Waals surface area contributed by atoms with Gasteiger partial charge in [-0.2, -0.15) is 5.10 Å². The Kier molecular flexibility index (Phi) is 3.52. The van der Waals surface area contributed by atoms with Crippen LogP contribution in [0.25, 0.3) is 0 Å². The van der Waals surface area contributed by atoms with Gasteiger partial charge in [0.2, 0.25) is 5.28 Å². The minimum absolute atomic E-state index is 0.0615. The summed E-state index contributed by atoms with van der Waals surface area (Å²) in [5.41, 5.74) is 0.904. The summed E-state index contributed by atoms with van der Waals surface area (Å²) in [6.07, 6.45) is 1.39. The third-order valence-corrected chi connectivity index (χ3v) is 2.41. The second-order valence-corrected chi connectivity index (χ2v) is 4.10. The van der Waals surface area contributed by atoms with Crippen molar-refractivity contribution < 1.29 is 4.79 Å². The Balaban J connectivity index is 2.15. The third-order valence-electron chi connectivity index (χ3n) is 2.24. The van der Waals surface area contributed by atoms with E-state index < -0.39 is 0 Å². The summed E-state index contributed by atoms with van der Waals surface area (Å²) in [5, 5.41) is 6.46. The highest BCUT2D eigenvalue weighted by molar-refractivity contribution is 6.28. The maximum Gasteiger partial charge on any atom is 0.272 e. The van der Waals surface area contributed by atoms with Gasteiger partial charge in [-0.3, -0.25) is 9.89 Å². The Morgan fingerprint density at radius 2 is 2.28 bits per heavy atom. The number of halogens is 1. The molecule has 0 bridgehead atoms. The zero-order valence-corrected chi connectivity index (χ0v) is 10.6. The Morgan fingerprint density at radius 1 is 1.50 bits per heavy atom. The van der Waals surface area contributed by atoms with Crippen molar-refractivity contribution in [2.45, 2.75) is 13.5 Å². The summed E-state index contributed by atoms with van der Waals surface area (Å²) in [6.45, 7) is 2.07. The molecule has 2 aromatic rings. The summed E-state index contributed by atoms with van der Waals surface area (Å²) in [5.74, 6) is 0.349. The summed E-state index contributed by atoms with van der Waals surface area (Å²) in [4.78, 5) is 25.3. The van der Waals surface area contributed by atoms with Gasteiger partial charge in [0.15, 0.2) is 0 Å². The molecule has 0 radical (unpaired) electrons. The summed E-state index contributed by atoms with van der Waals surface area (Å²) in [7, 11) is 1.65. The molecule has 0 saturated carbocycles. The Bertz CT molecular complexity index is 535. The predicted octanol–water partition coefficient (Wildman–Crippen LogP) is 0.829. The molecule has 0 unspecified atom stereocenters. The topological polar surface area (TPSA) is 87.7 Å². The van der Waals surface area contributed by atoms with E-state index in [0.29, 0.717) is 18.1 Å². The highest BCUT2D eigenvalue weighted by Gasteiger charge is 2.16. The second-order valence-electron chi connectivity index (χ2n) is 3.76. The molecular formula is C10H11ClN6O. The van der Waals surface area contributed by atoms with E-state index in [-0.39, 0.29) is 16.9 Å². The van der Waals surface area contributed by atoms with Crippen LogP contribution in [0.2, 0.25) is 5.28 Å². The Labute approximate surface area is 108 Å². The van der Waals surface area contributed by atoms with E-state index in [1.54, 1.807) is 20.0 Å². The molecule has 0 saturated heterocycles. The van der Waals surface area contributed by atoms with E-state index in [4.69, 9.17) is 11.6 Å². The first-order valence-corrected chi connectivity index (χ1v) is 5.55. The standard InChI is InChI=1S/C10H11ClN6O/c1-6-3-7(15-10(11)14-6)9(18)17(2)4-8-12-5-13-16-8/h3,5H,4H2,1-2H3,(H,12,13,16). The lowest BCUT2D eigenvalue weighted by Crippen LogP contribution is -2.27. The number of carbonyl (C=O) groups excluding carboxylic acids is 1. The van der Waals surface area contributed by atoms with Gasteiger partial charge < -0.3 is 4.90 Å². The van der Waals surface area contributed by atoms with Crippen molar-refractivity contribution in [3.05, 3.63) is 34.9 Å². The zero-order valence-electron chi connectivity index (χ0n) is 9.88. The normalized spacial score (nSPS) is 10.4. The highest BCUT2D eigenvalue weighted by Crippen LogP contribution is 2.08. The van der Waals surface area contributed by atoms with Crippen molar-refractivity contribution in [2.75, 3.05) is 7.05 Å². The lowest BCUT2D eigenvalue weighted by Gasteiger charge is -2.15. The minimum atomic E-state index is -0.251. The molecule has 2 heterocycles. The number of H-pyrrole nitrogens is 1. The van der Waals surface area contributed by atoms with Crippen molar-refractivity contribution in [1.82, 2.24) is 30.0 Å². The van der Waals surface area contributed by atoms with E-state index in [1.807, 2.05) is 0 Å². The number of hydrogen-bond donors (Lipinski definition) is 1. The molecule has 1 amide bonds. The summed E-state index contributed by atoms with van der Waals surface area (Å²) in [6, 6.07) is 1.59. The van der Waals surface area contributed by atoms with Gasteiger partial charge in [0, 0.05) is 12.7 Å². The quantitative estimate of drug-likeness (QED) is 0.832. The molecule has 0 atom stereocenters. The predicted molar refractivity (Wildman–Crippen MR) is 64.0 cm³/mol. The molecule has 7 nitrogen and oxygen atoms in total. The molecule has 0 fully saturated rings. The molecule has 94 valence electrons. The first kappa shape index (κ1) is 12.4. The van der Waals surface area contributed by atoms with Gasteiger partial charge in [-0.15, -0.1) is 0 Å². The fourth-order valence-electron chi connectivity index (χ4n) is 1.44. The highest BCUT2D eigenvalue weighted by atomic mass is 35.5. The molecule has 0 spiro atoms. The van der Waals surface area contributed by atoms with E-state index >= 15 is 0 Å². The molecular weight excluding hydrogens is 256 g/mol. The molecule has 2 rings (SSSR count). The first-order chi connectivity index (χ1) is 8.56. The maximum atomic E-state index is 12.1. The van der Waals surface area contributed by atoms with Crippen LogP contribution in [-0.2, 0) is 6.54 Å². The Hall–Kier alpha value is -2.02. The molecule has 8 heteroatoms. The fourth-order valence-corrected chi connectivity index (χ4v) is 1.67. The molecule has 2 aromatic heterocycles. The van der Waals surface area contributed by atoms with E-state index in [2.05, 4.69) is 25.1 Å². The van der Waals surface area contributed by atoms with Gasteiger partial charge in [-0.1, -0.05) is 0 Å². The van der Waals surface area contributed by atoms with Crippen LogP contribution in [0.1, 0.15) is 22.0 Å². The van der Waals surface area contributed by atoms with Crippen LogP contribution in [0.15, 0.2) is 12.4 Å². The number of carbonyl (C=O) groups is 1. The molecule has 0 aliphatic rings.